The predicted octanol–water partition coefficient (Wildman–Crippen LogP) is 2.79. The van der Waals surface area contributed by atoms with Crippen LogP contribution < -0.4 is 15.4 Å². The van der Waals surface area contributed by atoms with Crippen molar-refractivity contribution in [3.8, 4) is 11.4 Å². The summed E-state index contributed by atoms with van der Waals surface area (Å²) in [5.74, 6) is 1.71. The van der Waals surface area contributed by atoms with Gasteiger partial charge in [-0.2, -0.15) is 5.10 Å². The fourth-order valence-corrected chi connectivity index (χ4v) is 2.59. The zero-order valence-corrected chi connectivity index (χ0v) is 16.1. The van der Waals surface area contributed by atoms with Gasteiger partial charge >= 0.3 is 0 Å². The molecule has 0 spiro atoms. The van der Waals surface area contributed by atoms with Crippen molar-refractivity contribution in [2.24, 2.45) is 4.99 Å². The molecule has 0 aliphatic rings. The van der Waals surface area contributed by atoms with Crippen LogP contribution in [0.15, 0.2) is 72.2 Å². The highest BCUT2D eigenvalue weighted by Crippen LogP contribution is 2.09. The maximum atomic E-state index is 5.71. The summed E-state index contributed by atoms with van der Waals surface area (Å²) >= 11 is 0. The maximum absolute atomic E-state index is 5.71. The van der Waals surface area contributed by atoms with Gasteiger partial charge in [-0.1, -0.05) is 30.3 Å². The highest BCUT2D eigenvalue weighted by molar-refractivity contribution is 5.79. The second kappa shape index (κ2) is 10.7. The molecule has 0 saturated carbocycles. The summed E-state index contributed by atoms with van der Waals surface area (Å²) in [6, 6.07) is 18.0. The fourth-order valence-electron chi connectivity index (χ4n) is 2.59. The molecule has 146 valence electrons. The van der Waals surface area contributed by atoms with Crippen molar-refractivity contribution in [3.05, 3.63) is 72.8 Å². The van der Waals surface area contributed by atoms with Crippen LogP contribution in [0.25, 0.3) is 5.69 Å². The Kier molecular flexibility index (Phi) is 7.43. The minimum atomic E-state index is 0.605. The molecule has 7 heteroatoms. The van der Waals surface area contributed by atoms with Gasteiger partial charge in [0.15, 0.2) is 5.96 Å². The molecular weight excluding hydrogens is 352 g/mol. The largest absolute Gasteiger partial charge is 0.494 e. The van der Waals surface area contributed by atoms with E-state index in [0.717, 1.165) is 42.5 Å². The standard InChI is InChI=1S/C21H26N6O/c1-2-23-21(24-13-6-14-28-20-7-4-3-5-8-20)25-15-18-9-11-19(12-10-18)27-17-22-16-26-27/h3-5,7-12,16-17H,2,6,13-15H2,1H3,(H2,23,24,25). The minimum absolute atomic E-state index is 0.605. The number of nitrogens with zero attached hydrogens (tertiary/aromatic N) is 4. The number of aromatic nitrogens is 3. The molecule has 1 aromatic heterocycles. The number of ether oxygens (including phenoxy) is 1. The van der Waals surface area contributed by atoms with E-state index in [1.807, 2.05) is 42.5 Å². The first kappa shape index (κ1) is 19.4. The van der Waals surface area contributed by atoms with E-state index in [0.29, 0.717) is 13.2 Å². The molecule has 0 saturated heterocycles. The van der Waals surface area contributed by atoms with Crippen LogP contribution in [-0.4, -0.2) is 40.4 Å². The summed E-state index contributed by atoms with van der Waals surface area (Å²) in [5, 5.41) is 10.7. The topological polar surface area (TPSA) is 76.4 Å². The Balaban J connectivity index is 1.44. The summed E-state index contributed by atoms with van der Waals surface area (Å²) in [7, 11) is 0. The molecule has 0 aliphatic heterocycles. The molecule has 3 rings (SSSR count). The van der Waals surface area contributed by atoms with Gasteiger partial charge in [0, 0.05) is 13.1 Å². The summed E-state index contributed by atoms with van der Waals surface area (Å²) in [5.41, 5.74) is 2.11. The molecule has 28 heavy (non-hydrogen) atoms. The molecule has 0 fully saturated rings. The summed E-state index contributed by atoms with van der Waals surface area (Å²) in [6.07, 6.45) is 4.10. The Hall–Kier alpha value is -3.35. The van der Waals surface area contributed by atoms with Crippen molar-refractivity contribution in [2.45, 2.75) is 19.9 Å². The Morgan fingerprint density at radius 1 is 1.07 bits per heavy atom. The summed E-state index contributed by atoms with van der Waals surface area (Å²) < 4.78 is 7.44. The number of benzene rings is 2. The predicted molar refractivity (Wildman–Crippen MR) is 111 cm³/mol. The van der Waals surface area contributed by atoms with Crippen molar-refractivity contribution in [2.75, 3.05) is 19.7 Å². The second-order valence-electron chi connectivity index (χ2n) is 6.14. The van der Waals surface area contributed by atoms with E-state index < -0.39 is 0 Å². The van der Waals surface area contributed by atoms with Crippen LogP contribution in [0.2, 0.25) is 0 Å². The Morgan fingerprint density at radius 2 is 1.89 bits per heavy atom. The molecule has 2 aromatic carbocycles. The number of hydrogen-bond acceptors (Lipinski definition) is 4. The van der Waals surface area contributed by atoms with Gasteiger partial charge in [0.05, 0.1) is 18.8 Å². The number of aliphatic imine (C=N–C) groups is 1. The smallest absolute Gasteiger partial charge is 0.191 e. The van der Waals surface area contributed by atoms with Gasteiger partial charge in [-0.25, -0.2) is 14.7 Å². The van der Waals surface area contributed by atoms with Crippen molar-refractivity contribution in [1.82, 2.24) is 25.4 Å². The van der Waals surface area contributed by atoms with Crippen LogP contribution in [-0.2, 0) is 6.54 Å². The second-order valence-corrected chi connectivity index (χ2v) is 6.14. The molecule has 1 heterocycles. The zero-order valence-electron chi connectivity index (χ0n) is 16.1. The first-order valence-electron chi connectivity index (χ1n) is 9.49. The molecule has 2 N–H and O–H groups in total. The van der Waals surface area contributed by atoms with Crippen LogP contribution >= 0.6 is 0 Å². The van der Waals surface area contributed by atoms with Gasteiger partial charge in [-0.3, -0.25) is 0 Å². The third-order valence-electron chi connectivity index (χ3n) is 4.01. The average Bonchev–Trinajstić information content (AvgIpc) is 3.28. The molecule has 0 radical (unpaired) electrons. The van der Waals surface area contributed by atoms with Gasteiger partial charge < -0.3 is 15.4 Å². The van der Waals surface area contributed by atoms with E-state index in [9.17, 15) is 0 Å². The van der Waals surface area contributed by atoms with Crippen LogP contribution in [0.5, 0.6) is 5.75 Å². The molecule has 7 nitrogen and oxygen atoms in total. The third kappa shape index (κ3) is 6.12. The van der Waals surface area contributed by atoms with E-state index in [1.54, 1.807) is 11.0 Å². The fraction of sp³-hybridized carbons (Fsp3) is 0.286. The molecule has 0 aliphatic carbocycles. The Bertz CT molecular complexity index is 831. The van der Waals surface area contributed by atoms with Crippen LogP contribution in [0.3, 0.4) is 0 Å². The lowest BCUT2D eigenvalue weighted by molar-refractivity contribution is 0.311. The summed E-state index contributed by atoms with van der Waals surface area (Å²) in [4.78, 5) is 8.62. The van der Waals surface area contributed by atoms with Crippen LogP contribution in [0.1, 0.15) is 18.9 Å². The van der Waals surface area contributed by atoms with Crippen molar-refractivity contribution >= 4 is 5.96 Å². The van der Waals surface area contributed by atoms with E-state index in [1.165, 1.54) is 6.33 Å². The summed E-state index contributed by atoms with van der Waals surface area (Å²) in [6.45, 7) is 4.94. The van der Waals surface area contributed by atoms with Gasteiger partial charge in [-0.15, -0.1) is 0 Å². The molecule has 0 amide bonds. The van der Waals surface area contributed by atoms with Gasteiger partial charge in [0.1, 0.15) is 18.4 Å². The van der Waals surface area contributed by atoms with Gasteiger partial charge in [0.2, 0.25) is 0 Å². The van der Waals surface area contributed by atoms with Crippen molar-refractivity contribution in [1.29, 1.82) is 0 Å². The van der Waals surface area contributed by atoms with Gasteiger partial charge in [0.25, 0.3) is 0 Å². The average molecular weight is 378 g/mol. The van der Waals surface area contributed by atoms with Crippen LogP contribution in [0.4, 0.5) is 0 Å². The Morgan fingerprint density at radius 3 is 2.61 bits per heavy atom. The third-order valence-corrected chi connectivity index (χ3v) is 4.01. The molecule has 0 unspecified atom stereocenters. The quantitative estimate of drug-likeness (QED) is 0.340. The minimum Gasteiger partial charge on any atom is -0.494 e. The molecule has 0 bridgehead atoms. The van der Waals surface area contributed by atoms with E-state index >= 15 is 0 Å². The van der Waals surface area contributed by atoms with E-state index in [-0.39, 0.29) is 0 Å². The normalized spacial score (nSPS) is 11.2. The highest BCUT2D eigenvalue weighted by atomic mass is 16.5. The van der Waals surface area contributed by atoms with Crippen molar-refractivity contribution in [3.63, 3.8) is 0 Å². The molecule has 0 atom stereocenters. The number of nitrogens with one attached hydrogen (secondary N) is 2. The lowest BCUT2D eigenvalue weighted by atomic mass is 10.2. The zero-order chi connectivity index (χ0) is 19.4. The molecular formula is C21H26N6O. The monoisotopic (exact) mass is 378 g/mol. The van der Waals surface area contributed by atoms with Crippen molar-refractivity contribution < 1.29 is 4.74 Å². The molecule has 3 aromatic rings. The first-order chi connectivity index (χ1) is 13.8. The first-order valence-corrected chi connectivity index (χ1v) is 9.49. The highest BCUT2D eigenvalue weighted by Gasteiger charge is 2.00. The van der Waals surface area contributed by atoms with Crippen LogP contribution in [0, 0.1) is 0 Å². The lowest BCUT2D eigenvalue weighted by Gasteiger charge is -2.12. The van der Waals surface area contributed by atoms with E-state index in [4.69, 9.17) is 4.74 Å². The Labute approximate surface area is 165 Å². The number of guanidine groups is 1. The lowest BCUT2D eigenvalue weighted by Crippen LogP contribution is -2.38. The maximum Gasteiger partial charge on any atom is 0.191 e. The number of rotatable bonds is 9. The number of para-hydroxylation sites is 1. The number of hydrogen-bond donors (Lipinski definition) is 2. The van der Waals surface area contributed by atoms with Gasteiger partial charge in [-0.05, 0) is 43.2 Å². The van der Waals surface area contributed by atoms with E-state index in [2.05, 4.69) is 44.8 Å². The SMILES string of the molecule is CCNC(=NCc1ccc(-n2cncn2)cc1)NCCCOc1ccccc1.